The number of rotatable bonds is 3. The van der Waals surface area contributed by atoms with E-state index in [1.165, 1.54) is 10.8 Å². The van der Waals surface area contributed by atoms with Crippen LogP contribution in [0.15, 0.2) is 17.4 Å². The molecule has 0 aliphatic carbocycles. The van der Waals surface area contributed by atoms with Gasteiger partial charge in [0.15, 0.2) is 25.7 Å². The van der Waals surface area contributed by atoms with Gasteiger partial charge in [0.25, 0.3) is 5.78 Å². The zero-order chi connectivity index (χ0) is 28.1. The molecule has 2 aliphatic rings. The van der Waals surface area contributed by atoms with Crippen molar-refractivity contribution >= 4 is 33.8 Å². The quantitative estimate of drug-likeness (QED) is 0.463. The summed E-state index contributed by atoms with van der Waals surface area (Å²) < 4.78 is 30.7. The number of hydrogen-bond donors (Lipinski definition) is 1. The molecule has 38 heavy (non-hydrogen) atoms. The lowest BCUT2D eigenvalue weighted by atomic mass is 10.1. The maximum absolute atomic E-state index is 13.0. The second kappa shape index (κ2) is 8.54. The van der Waals surface area contributed by atoms with Crippen molar-refractivity contribution in [1.29, 1.82) is 0 Å². The highest BCUT2D eigenvalue weighted by Crippen LogP contribution is 2.56. The average Bonchev–Trinajstić information content (AvgIpc) is 3.48. The van der Waals surface area contributed by atoms with Gasteiger partial charge < -0.3 is 18.0 Å². The number of nitrogens with one attached hydrogen (secondary N) is 1. The van der Waals surface area contributed by atoms with Crippen LogP contribution in [-0.2, 0) is 18.0 Å². The second-order valence-corrected chi connectivity index (χ2v) is 23.7. The summed E-state index contributed by atoms with van der Waals surface area (Å²) in [7, 11) is -5.06. The van der Waals surface area contributed by atoms with E-state index >= 15 is 0 Å². The summed E-state index contributed by atoms with van der Waals surface area (Å²) in [6.07, 6.45) is 1.37. The number of imidazole rings is 1. The number of fused-ring (bicyclic) bond motifs is 3. The molecule has 0 radical (unpaired) electrons. The Morgan fingerprint density at radius 2 is 1.74 bits per heavy atom. The van der Waals surface area contributed by atoms with Crippen LogP contribution >= 0.6 is 0 Å². The Morgan fingerprint density at radius 3 is 2.34 bits per heavy atom. The van der Waals surface area contributed by atoms with Crippen LogP contribution in [0, 0.1) is 0 Å². The number of aromatic amines is 1. The topological polar surface area (TPSA) is 118 Å². The van der Waals surface area contributed by atoms with E-state index in [4.69, 9.17) is 18.0 Å². The summed E-state index contributed by atoms with van der Waals surface area (Å²) in [4.78, 5) is 26.3. The second-order valence-electron chi connectivity index (χ2n) is 14.2. The molecule has 13 heteroatoms. The molecule has 3 aromatic rings. The van der Waals surface area contributed by atoms with E-state index in [-0.39, 0.29) is 44.2 Å². The van der Waals surface area contributed by atoms with Gasteiger partial charge in [-0.2, -0.15) is 9.50 Å². The van der Waals surface area contributed by atoms with Crippen LogP contribution in [-0.4, -0.2) is 70.9 Å². The van der Waals surface area contributed by atoms with Crippen LogP contribution in [0.3, 0.4) is 0 Å². The van der Waals surface area contributed by atoms with E-state index < -0.39 is 29.2 Å². The van der Waals surface area contributed by atoms with Gasteiger partial charge in [0.1, 0.15) is 24.6 Å². The lowest BCUT2D eigenvalue weighted by Crippen LogP contribution is -2.66. The van der Waals surface area contributed by atoms with Crippen LogP contribution in [0.1, 0.15) is 68.5 Å². The summed E-state index contributed by atoms with van der Waals surface area (Å²) in [6.45, 7) is 24.8. The van der Waals surface area contributed by atoms with Crippen molar-refractivity contribution in [2.75, 3.05) is 6.61 Å². The Bertz CT molecular complexity index is 1400. The fourth-order valence-corrected chi connectivity index (χ4v) is 11.9. The van der Waals surface area contributed by atoms with Crippen LogP contribution in [0.5, 0.6) is 0 Å². The number of hydrogen-bond acceptors (Lipinski definition) is 8. The van der Waals surface area contributed by atoms with Gasteiger partial charge in [-0.05, 0) is 18.1 Å². The monoisotopic (exact) mass is 562 g/mol. The molecule has 2 fully saturated rings. The summed E-state index contributed by atoms with van der Waals surface area (Å²) in [6, 6.07) is 0. The molecule has 1 N–H and O–H groups in total. The molecule has 210 valence electrons. The summed E-state index contributed by atoms with van der Waals surface area (Å²) in [5, 5.41) is 2.40. The minimum absolute atomic E-state index is 0.0291. The first kappa shape index (κ1) is 27.7. The van der Waals surface area contributed by atoms with Crippen molar-refractivity contribution < 1.29 is 18.0 Å². The predicted molar refractivity (Wildman–Crippen MR) is 149 cm³/mol. The highest BCUT2D eigenvalue weighted by atomic mass is 28.4. The standard InChI is InChI=1S/C25H42N6O5Si2/c1-23(2,3)37(10,11)35-18-17-15(12-33-38(36-17,24(4,5)6)25(7,8)9)34-21(18)30-14-27-16-19(30)29-22-26-13-28-31(22)20(16)32/h13-15,17-18,21H,12H2,1-11H3,(H,26,28,29)/t15-,17-,18-,21-/m1/s1. The molecule has 5 heterocycles. The number of H-pyrrole nitrogens is 1. The van der Waals surface area contributed by atoms with E-state index in [9.17, 15) is 4.79 Å². The highest BCUT2D eigenvalue weighted by Gasteiger charge is 2.66. The van der Waals surface area contributed by atoms with Crippen LogP contribution < -0.4 is 5.56 Å². The van der Waals surface area contributed by atoms with Crippen molar-refractivity contribution in [2.45, 2.75) is 115 Å². The molecule has 0 saturated carbocycles. The molecule has 0 aromatic carbocycles. The van der Waals surface area contributed by atoms with Crippen LogP contribution in [0.2, 0.25) is 28.2 Å². The third kappa shape index (κ3) is 4.04. The van der Waals surface area contributed by atoms with Crippen molar-refractivity contribution in [1.82, 2.24) is 29.1 Å². The molecule has 0 bridgehead atoms. The predicted octanol–water partition coefficient (Wildman–Crippen LogP) is 4.51. The molecule has 4 atom stereocenters. The lowest BCUT2D eigenvalue weighted by molar-refractivity contribution is -0.0795. The van der Waals surface area contributed by atoms with Crippen molar-refractivity contribution in [2.24, 2.45) is 0 Å². The number of nitrogens with zero attached hydrogens (tertiary/aromatic N) is 5. The zero-order valence-corrected chi connectivity index (χ0v) is 26.4. The molecule has 5 rings (SSSR count). The van der Waals surface area contributed by atoms with Gasteiger partial charge in [-0.15, -0.1) is 0 Å². The SMILES string of the molecule is CC(C)(C)[Si](C)(C)O[C@@H]1[C@@H]2O[Si](C(C)(C)C)(C(C)(C)C)OC[C@H]2O[C@H]1n1cnc2c(=O)n3[nH]cnc3nc21. The molecule has 0 amide bonds. The van der Waals surface area contributed by atoms with Gasteiger partial charge in [0.2, 0.25) is 0 Å². The number of aromatic nitrogens is 6. The Hall–Kier alpha value is -1.91. The zero-order valence-electron chi connectivity index (χ0n) is 24.4. The third-order valence-corrected chi connectivity index (χ3v) is 18.1. The van der Waals surface area contributed by atoms with Gasteiger partial charge in [0.05, 0.1) is 12.9 Å². The van der Waals surface area contributed by atoms with Crippen molar-refractivity contribution in [3.8, 4) is 0 Å². The molecular weight excluding hydrogens is 520 g/mol. The van der Waals surface area contributed by atoms with Crippen molar-refractivity contribution in [3.05, 3.63) is 23.0 Å². The molecule has 11 nitrogen and oxygen atoms in total. The van der Waals surface area contributed by atoms with Gasteiger partial charge >= 0.3 is 14.1 Å². The Kier molecular flexibility index (Phi) is 6.22. The third-order valence-electron chi connectivity index (χ3n) is 8.47. The van der Waals surface area contributed by atoms with Gasteiger partial charge in [-0.25, -0.2) is 9.97 Å². The van der Waals surface area contributed by atoms with Crippen molar-refractivity contribution in [3.63, 3.8) is 0 Å². The first-order valence-electron chi connectivity index (χ1n) is 13.3. The minimum atomic E-state index is -2.79. The van der Waals surface area contributed by atoms with E-state index in [2.05, 4.69) is 95.5 Å². The Balaban J connectivity index is 1.64. The van der Waals surface area contributed by atoms with Gasteiger partial charge in [0, 0.05) is 10.1 Å². The molecular formula is C25H42N6O5Si2. The minimum Gasteiger partial charge on any atom is -0.407 e. The Labute approximate surface area is 225 Å². The van der Waals surface area contributed by atoms with Gasteiger partial charge in [-0.3, -0.25) is 14.5 Å². The molecule has 0 unspecified atom stereocenters. The highest BCUT2D eigenvalue weighted by molar-refractivity contribution is 6.74. The maximum atomic E-state index is 13.0. The van der Waals surface area contributed by atoms with E-state index in [1.807, 2.05) is 4.57 Å². The lowest BCUT2D eigenvalue weighted by Gasteiger charge is -2.54. The van der Waals surface area contributed by atoms with E-state index in [0.717, 1.165) is 0 Å². The summed E-state index contributed by atoms with van der Waals surface area (Å²) in [5.74, 6) is 0.271. The summed E-state index contributed by atoms with van der Waals surface area (Å²) >= 11 is 0. The van der Waals surface area contributed by atoms with Gasteiger partial charge in [-0.1, -0.05) is 62.3 Å². The largest absolute Gasteiger partial charge is 0.407 e. The average molecular weight is 563 g/mol. The fourth-order valence-electron chi connectivity index (χ4n) is 5.68. The smallest absolute Gasteiger partial charge is 0.349 e. The van der Waals surface area contributed by atoms with E-state index in [0.29, 0.717) is 12.3 Å². The summed E-state index contributed by atoms with van der Waals surface area (Å²) in [5.41, 5.74) is 0.331. The molecule has 0 spiro atoms. The van der Waals surface area contributed by atoms with Crippen LogP contribution in [0.4, 0.5) is 0 Å². The maximum Gasteiger partial charge on any atom is 0.349 e. The molecule has 2 saturated heterocycles. The fraction of sp³-hybridized carbons (Fsp3) is 0.760. The molecule has 2 aliphatic heterocycles. The number of ether oxygens (including phenoxy) is 1. The van der Waals surface area contributed by atoms with Crippen LogP contribution in [0.25, 0.3) is 16.9 Å². The first-order valence-corrected chi connectivity index (χ1v) is 18.0. The first-order chi connectivity index (χ1) is 17.4. The molecule has 3 aromatic heterocycles. The normalized spacial score (nSPS) is 26.8. The van der Waals surface area contributed by atoms with E-state index in [1.54, 1.807) is 6.33 Å². The Morgan fingerprint density at radius 1 is 1.08 bits per heavy atom.